The number of nitrogens with zero attached hydrogens (tertiary/aromatic N) is 1. The van der Waals surface area contributed by atoms with E-state index in [1.165, 1.54) is 4.88 Å². The highest BCUT2D eigenvalue weighted by Crippen LogP contribution is 2.21. The molecule has 0 bridgehead atoms. The van der Waals surface area contributed by atoms with Crippen molar-refractivity contribution in [3.8, 4) is 0 Å². The van der Waals surface area contributed by atoms with E-state index in [4.69, 9.17) is 10.5 Å². The van der Waals surface area contributed by atoms with Crippen LogP contribution in [0.25, 0.3) is 0 Å². The molecule has 0 saturated heterocycles. The average molecular weight is 268 g/mol. The summed E-state index contributed by atoms with van der Waals surface area (Å²) >= 11 is 2.77. The van der Waals surface area contributed by atoms with Crippen molar-refractivity contribution in [2.45, 2.75) is 13.3 Å². The van der Waals surface area contributed by atoms with Gasteiger partial charge in [0.05, 0.1) is 12.3 Å². The van der Waals surface area contributed by atoms with Crippen LogP contribution < -0.4 is 5.73 Å². The van der Waals surface area contributed by atoms with E-state index < -0.39 is 0 Å². The van der Waals surface area contributed by atoms with Gasteiger partial charge in [-0.2, -0.15) is 4.37 Å². The molecule has 2 aromatic rings. The molecule has 2 rings (SSSR count). The number of thiophene rings is 1. The molecule has 4 nitrogen and oxygen atoms in total. The van der Waals surface area contributed by atoms with Crippen LogP contribution in [-0.4, -0.2) is 16.9 Å². The number of ether oxygens (including phenoxy) is 1. The zero-order valence-corrected chi connectivity index (χ0v) is 10.9. The van der Waals surface area contributed by atoms with Crippen LogP contribution in [0.3, 0.4) is 0 Å². The van der Waals surface area contributed by atoms with Gasteiger partial charge in [0.15, 0.2) is 0 Å². The number of nitrogens with two attached hydrogens (primary N) is 1. The number of esters is 1. The molecule has 6 heteroatoms. The highest BCUT2D eigenvalue weighted by atomic mass is 32.1. The first-order valence-electron chi connectivity index (χ1n) is 5.09. The van der Waals surface area contributed by atoms with Gasteiger partial charge in [-0.1, -0.05) is 6.07 Å². The highest BCUT2D eigenvalue weighted by Gasteiger charge is 2.17. The number of hydrogen-bond donors (Lipinski definition) is 1. The van der Waals surface area contributed by atoms with Gasteiger partial charge < -0.3 is 10.5 Å². The minimum atomic E-state index is -0.384. The van der Waals surface area contributed by atoms with Crippen LogP contribution in [0, 0.1) is 6.92 Å². The minimum Gasteiger partial charge on any atom is -0.462 e. The third-order valence-corrected chi connectivity index (χ3v) is 3.96. The maximum atomic E-state index is 11.7. The molecular weight excluding hydrogens is 256 g/mol. The topological polar surface area (TPSA) is 65.2 Å². The Morgan fingerprint density at radius 2 is 2.41 bits per heavy atom. The lowest BCUT2D eigenvalue weighted by molar-refractivity contribution is 0.0510. The van der Waals surface area contributed by atoms with E-state index in [9.17, 15) is 4.79 Å². The number of hydrogen-bond acceptors (Lipinski definition) is 6. The Morgan fingerprint density at radius 3 is 3.00 bits per heavy atom. The molecule has 0 fully saturated rings. The maximum Gasteiger partial charge on any atom is 0.343 e. The standard InChI is InChI=1S/C11H12N2O2S2/c1-7-9(10(12)17-13-7)11(14)15-5-4-8-3-2-6-16-8/h2-3,6H,4-5,12H2,1H3. The van der Waals surface area contributed by atoms with Crippen molar-refractivity contribution >= 4 is 33.8 Å². The zero-order valence-electron chi connectivity index (χ0n) is 9.30. The van der Waals surface area contributed by atoms with Gasteiger partial charge >= 0.3 is 5.97 Å². The summed E-state index contributed by atoms with van der Waals surface area (Å²) in [7, 11) is 0. The lowest BCUT2D eigenvalue weighted by Crippen LogP contribution is -2.10. The van der Waals surface area contributed by atoms with Crippen molar-refractivity contribution in [3.63, 3.8) is 0 Å². The van der Waals surface area contributed by atoms with Gasteiger partial charge in [-0.15, -0.1) is 11.3 Å². The first-order valence-corrected chi connectivity index (χ1v) is 6.75. The molecule has 0 saturated carbocycles. The number of anilines is 1. The Labute approximate surface area is 107 Å². The second-order valence-electron chi connectivity index (χ2n) is 3.47. The van der Waals surface area contributed by atoms with Crippen molar-refractivity contribution in [2.75, 3.05) is 12.3 Å². The summed E-state index contributed by atoms with van der Waals surface area (Å²) in [6, 6.07) is 4.00. The molecule has 0 spiro atoms. The summed E-state index contributed by atoms with van der Waals surface area (Å²) in [5.41, 5.74) is 6.70. The number of aromatic nitrogens is 1. The van der Waals surface area contributed by atoms with Gasteiger partial charge in [0.2, 0.25) is 0 Å². The van der Waals surface area contributed by atoms with Gasteiger partial charge in [0.1, 0.15) is 10.6 Å². The Balaban J connectivity index is 1.90. The van der Waals surface area contributed by atoms with E-state index >= 15 is 0 Å². The third-order valence-electron chi connectivity index (χ3n) is 2.25. The molecule has 2 heterocycles. The predicted molar refractivity (Wildman–Crippen MR) is 69.6 cm³/mol. The lowest BCUT2D eigenvalue weighted by Gasteiger charge is -2.03. The maximum absolute atomic E-state index is 11.7. The van der Waals surface area contributed by atoms with E-state index in [1.54, 1.807) is 18.3 Å². The molecule has 0 unspecified atom stereocenters. The number of carbonyl (C=O) groups is 1. The Kier molecular flexibility index (Phi) is 3.75. The van der Waals surface area contributed by atoms with Crippen molar-refractivity contribution in [2.24, 2.45) is 0 Å². The Hall–Kier alpha value is -1.40. The molecule has 90 valence electrons. The number of aryl methyl sites for hydroxylation is 1. The smallest absolute Gasteiger partial charge is 0.343 e. The number of carbonyl (C=O) groups excluding carboxylic acids is 1. The Bertz CT molecular complexity index is 486. The van der Waals surface area contributed by atoms with E-state index in [2.05, 4.69) is 4.37 Å². The normalized spacial score (nSPS) is 10.4. The molecule has 2 aromatic heterocycles. The fraction of sp³-hybridized carbons (Fsp3) is 0.273. The molecule has 0 aliphatic heterocycles. The van der Waals surface area contributed by atoms with Crippen molar-refractivity contribution < 1.29 is 9.53 Å². The van der Waals surface area contributed by atoms with Crippen LogP contribution in [0.2, 0.25) is 0 Å². The van der Waals surface area contributed by atoms with Gasteiger partial charge in [-0.3, -0.25) is 0 Å². The third kappa shape index (κ3) is 2.83. The van der Waals surface area contributed by atoms with Crippen LogP contribution in [0.5, 0.6) is 0 Å². The van der Waals surface area contributed by atoms with Crippen molar-refractivity contribution in [1.29, 1.82) is 0 Å². The van der Waals surface area contributed by atoms with Gasteiger partial charge in [0.25, 0.3) is 0 Å². The van der Waals surface area contributed by atoms with Gasteiger partial charge in [0, 0.05) is 11.3 Å². The fourth-order valence-corrected chi connectivity index (χ4v) is 2.75. The van der Waals surface area contributed by atoms with E-state index in [1.807, 2.05) is 17.5 Å². The van der Waals surface area contributed by atoms with Gasteiger partial charge in [-0.05, 0) is 29.9 Å². The predicted octanol–water partition coefficient (Wildman–Crippen LogP) is 2.49. The zero-order chi connectivity index (χ0) is 12.3. The number of rotatable bonds is 4. The van der Waals surface area contributed by atoms with Crippen molar-refractivity contribution in [3.05, 3.63) is 33.6 Å². The molecule has 0 amide bonds. The SMILES string of the molecule is Cc1nsc(N)c1C(=O)OCCc1cccs1. The largest absolute Gasteiger partial charge is 0.462 e. The van der Waals surface area contributed by atoms with E-state index in [0.717, 1.165) is 18.0 Å². The molecule has 0 aromatic carbocycles. The molecule has 0 radical (unpaired) electrons. The second-order valence-corrected chi connectivity index (χ2v) is 5.31. The number of nitrogen functional groups attached to an aromatic ring is 1. The summed E-state index contributed by atoms with van der Waals surface area (Å²) in [6.45, 7) is 2.12. The van der Waals surface area contributed by atoms with Crippen LogP contribution in [0.1, 0.15) is 20.9 Å². The van der Waals surface area contributed by atoms with Gasteiger partial charge in [-0.25, -0.2) is 4.79 Å². The second kappa shape index (κ2) is 5.29. The van der Waals surface area contributed by atoms with E-state index in [-0.39, 0.29) is 5.97 Å². The fourth-order valence-electron chi connectivity index (χ4n) is 1.41. The summed E-state index contributed by atoms with van der Waals surface area (Å²) in [4.78, 5) is 12.9. The summed E-state index contributed by atoms with van der Waals surface area (Å²) in [5.74, 6) is -0.384. The monoisotopic (exact) mass is 268 g/mol. The summed E-state index contributed by atoms with van der Waals surface area (Å²) in [6.07, 6.45) is 0.736. The molecule has 0 aliphatic rings. The molecule has 0 atom stereocenters. The van der Waals surface area contributed by atoms with E-state index in [0.29, 0.717) is 22.9 Å². The van der Waals surface area contributed by atoms with Crippen LogP contribution in [0.15, 0.2) is 17.5 Å². The Morgan fingerprint density at radius 1 is 1.59 bits per heavy atom. The summed E-state index contributed by atoms with van der Waals surface area (Å²) < 4.78 is 9.19. The average Bonchev–Trinajstić information content (AvgIpc) is 2.89. The first kappa shape index (κ1) is 12.1. The molecular formula is C11H12N2O2S2. The summed E-state index contributed by atoms with van der Waals surface area (Å²) in [5, 5.41) is 2.42. The molecule has 17 heavy (non-hydrogen) atoms. The quantitative estimate of drug-likeness (QED) is 0.865. The van der Waals surface area contributed by atoms with Crippen LogP contribution in [0.4, 0.5) is 5.00 Å². The highest BCUT2D eigenvalue weighted by molar-refractivity contribution is 7.10. The molecule has 0 aliphatic carbocycles. The molecule has 2 N–H and O–H groups in total. The van der Waals surface area contributed by atoms with Crippen LogP contribution in [-0.2, 0) is 11.2 Å². The van der Waals surface area contributed by atoms with Crippen LogP contribution >= 0.6 is 22.9 Å². The first-order chi connectivity index (χ1) is 8.18. The van der Waals surface area contributed by atoms with Crippen molar-refractivity contribution in [1.82, 2.24) is 4.37 Å². The minimum absolute atomic E-state index is 0.369. The lowest BCUT2D eigenvalue weighted by atomic mass is 10.2.